The minimum absolute atomic E-state index is 0.175. The first kappa shape index (κ1) is 16.0. The maximum absolute atomic E-state index is 12.4. The van der Waals surface area contributed by atoms with Crippen LogP contribution in [-0.2, 0) is 9.59 Å². The number of rotatable bonds is 5. The molecule has 1 aliphatic rings. The van der Waals surface area contributed by atoms with Crippen molar-refractivity contribution < 1.29 is 14.4 Å². The lowest BCUT2D eigenvalue weighted by atomic mass is 9.97. The summed E-state index contributed by atoms with van der Waals surface area (Å²) < 4.78 is 0. The molecule has 2 rings (SSSR count). The van der Waals surface area contributed by atoms with E-state index in [4.69, 9.17) is 5.73 Å². The van der Waals surface area contributed by atoms with Crippen molar-refractivity contribution in [2.24, 2.45) is 11.7 Å². The molecule has 0 radical (unpaired) electrons. The molecule has 1 fully saturated rings. The molecule has 1 aromatic rings. The number of carbonyl (C=O) groups is 3. The van der Waals surface area contributed by atoms with Crippen LogP contribution in [0.15, 0.2) is 24.3 Å². The van der Waals surface area contributed by atoms with Gasteiger partial charge in [-0.2, -0.15) is 0 Å². The van der Waals surface area contributed by atoms with Crippen LogP contribution >= 0.6 is 0 Å². The van der Waals surface area contributed by atoms with Gasteiger partial charge in [-0.25, -0.2) is 0 Å². The number of nitrogens with one attached hydrogen (secondary N) is 2. The Morgan fingerprint density at radius 1 is 1.14 bits per heavy atom. The molecule has 0 saturated heterocycles. The molecule has 1 aliphatic carbocycles. The first-order chi connectivity index (χ1) is 10.5. The van der Waals surface area contributed by atoms with Crippen LogP contribution in [0.4, 0.5) is 5.69 Å². The van der Waals surface area contributed by atoms with E-state index in [1.54, 1.807) is 24.3 Å². The fourth-order valence-electron chi connectivity index (χ4n) is 2.85. The molecule has 6 nitrogen and oxygen atoms in total. The summed E-state index contributed by atoms with van der Waals surface area (Å²) >= 11 is 0. The minimum atomic E-state index is -0.518. The highest BCUT2D eigenvalue weighted by Gasteiger charge is 2.31. The molecular formula is C16H21N3O3. The second-order valence-corrected chi connectivity index (χ2v) is 5.65. The lowest BCUT2D eigenvalue weighted by molar-refractivity contribution is -0.126. The quantitative estimate of drug-likeness (QED) is 0.766. The molecule has 3 amide bonds. The zero-order valence-corrected chi connectivity index (χ0v) is 12.6. The van der Waals surface area contributed by atoms with Crippen LogP contribution in [0, 0.1) is 5.92 Å². The summed E-state index contributed by atoms with van der Waals surface area (Å²) in [5.41, 5.74) is 6.13. The highest BCUT2D eigenvalue weighted by molar-refractivity contribution is 5.98. The van der Waals surface area contributed by atoms with Gasteiger partial charge in [-0.1, -0.05) is 12.8 Å². The predicted octanol–water partition coefficient (Wildman–Crippen LogP) is 1.42. The fourth-order valence-corrected chi connectivity index (χ4v) is 2.85. The second-order valence-electron chi connectivity index (χ2n) is 5.65. The average Bonchev–Trinajstić information content (AvgIpc) is 2.99. The van der Waals surface area contributed by atoms with Gasteiger partial charge < -0.3 is 16.4 Å². The Bertz CT molecular complexity index is 563. The molecule has 1 aromatic carbocycles. The topological polar surface area (TPSA) is 101 Å². The number of primary amides is 1. The third-order valence-electron chi connectivity index (χ3n) is 3.95. The molecule has 4 N–H and O–H groups in total. The Labute approximate surface area is 129 Å². The molecule has 1 unspecified atom stereocenters. The molecular weight excluding hydrogens is 282 g/mol. The van der Waals surface area contributed by atoms with E-state index in [1.807, 2.05) is 0 Å². The third kappa shape index (κ3) is 4.07. The summed E-state index contributed by atoms with van der Waals surface area (Å²) in [5, 5.41) is 5.53. The van der Waals surface area contributed by atoms with Gasteiger partial charge >= 0.3 is 0 Å². The van der Waals surface area contributed by atoms with Crippen LogP contribution in [0.3, 0.4) is 0 Å². The van der Waals surface area contributed by atoms with Crippen molar-refractivity contribution in [2.45, 2.75) is 38.6 Å². The summed E-state index contributed by atoms with van der Waals surface area (Å²) in [5.74, 6) is -0.779. The monoisotopic (exact) mass is 303 g/mol. The lowest BCUT2D eigenvalue weighted by Crippen LogP contribution is -2.47. The van der Waals surface area contributed by atoms with Gasteiger partial charge in [-0.15, -0.1) is 0 Å². The van der Waals surface area contributed by atoms with E-state index < -0.39 is 11.9 Å². The summed E-state index contributed by atoms with van der Waals surface area (Å²) in [6.07, 6.45) is 4.06. The Kier molecular flexibility index (Phi) is 5.14. The van der Waals surface area contributed by atoms with Crippen molar-refractivity contribution in [1.82, 2.24) is 5.32 Å². The molecule has 1 saturated carbocycles. The van der Waals surface area contributed by atoms with Gasteiger partial charge in [0, 0.05) is 18.2 Å². The summed E-state index contributed by atoms with van der Waals surface area (Å²) in [6, 6.07) is 5.84. The third-order valence-corrected chi connectivity index (χ3v) is 3.95. The van der Waals surface area contributed by atoms with Gasteiger partial charge in [0.1, 0.15) is 6.04 Å². The molecule has 0 bridgehead atoms. The fraction of sp³-hybridized carbons (Fsp3) is 0.438. The number of hydrogen-bond acceptors (Lipinski definition) is 3. The van der Waals surface area contributed by atoms with E-state index in [9.17, 15) is 14.4 Å². The number of nitrogens with two attached hydrogens (primary N) is 1. The maximum Gasteiger partial charge on any atom is 0.248 e. The Morgan fingerprint density at radius 2 is 1.73 bits per heavy atom. The van der Waals surface area contributed by atoms with Gasteiger partial charge in [0.15, 0.2) is 0 Å². The number of hydrogen-bond donors (Lipinski definition) is 3. The highest BCUT2D eigenvalue weighted by atomic mass is 16.2. The molecule has 1 atom stereocenters. The summed E-state index contributed by atoms with van der Waals surface area (Å²) in [6.45, 7) is 1.41. The lowest BCUT2D eigenvalue weighted by Gasteiger charge is -2.23. The molecule has 118 valence electrons. The molecule has 0 aliphatic heterocycles. The Morgan fingerprint density at radius 3 is 2.23 bits per heavy atom. The smallest absolute Gasteiger partial charge is 0.248 e. The van der Waals surface area contributed by atoms with Crippen LogP contribution < -0.4 is 16.4 Å². The van der Waals surface area contributed by atoms with E-state index in [-0.39, 0.29) is 17.7 Å². The SMILES string of the molecule is CC(=O)NC(C(=O)Nc1ccc(C(N)=O)cc1)C1CCCC1. The highest BCUT2D eigenvalue weighted by Crippen LogP contribution is 2.28. The number of amides is 3. The van der Waals surface area contributed by atoms with Gasteiger partial charge in [-0.05, 0) is 43.0 Å². The van der Waals surface area contributed by atoms with Gasteiger partial charge in [-0.3, -0.25) is 14.4 Å². The predicted molar refractivity (Wildman–Crippen MR) is 83.2 cm³/mol. The number of benzene rings is 1. The Hall–Kier alpha value is -2.37. The normalized spacial score (nSPS) is 16.0. The van der Waals surface area contributed by atoms with Crippen LogP contribution in [0.1, 0.15) is 43.0 Å². The van der Waals surface area contributed by atoms with Gasteiger partial charge in [0.25, 0.3) is 0 Å². The van der Waals surface area contributed by atoms with Crippen LogP contribution in [-0.4, -0.2) is 23.8 Å². The number of anilines is 1. The van der Waals surface area contributed by atoms with Gasteiger partial charge in [0.05, 0.1) is 0 Å². The molecule has 0 spiro atoms. The molecule has 22 heavy (non-hydrogen) atoms. The zero-order chi connectivity index (χ0) is 16.1. The van der Waals surface area contributed by atoms with Crippen molar-refractivity contribution in [3.63, 3.8) is 0 Å². The number of carbonyl (C=O) groups excluding carboxylic acids is 3. The van der Waals surface area contributed by atoms with Crippen LogP contribution in [0.25, 0.3) is 0 Å². The maximum atomic E-state index is 12.4. The minimum Gasteiger partial charge on any atom is -0.366 e. The van der Waals surface area contributed by atoms with Crippen molar-refractivity contribution >= 4 is 23.4 Å². The van der Waals surface area contributed by atoms with E-state index in [0.29, 0.717) is 11.3 Å². The van der Waals surface area contributed by atoms with E-state index in [1.165, 1.54) is 6.92 Å². The van der Waals surface area contributed by atoms with Crippen LogP contribution in [0.2, 0.25) is 0 Å². The van der Waals surface area contributed by atoms with E-state index in [0.717, 1.165) is 25.7 Å². The van der Waals surface area contributed by atoms with E-state index >= 15 is 0 Å². The second kappa shape index (κ2) is 7.06. The standard InChI is InChI=1S/C16H21N3O3/c1-10(20)18-14(11-4-2-3-5-11)16(22)19-13-8-6-12(7-9-13)15(17)21/h6-9,11,14H,2-5H2,1H3,(H2,17,21)(H,18,20)(H,19,22). The molecule has 0 aromatic heterocycles. The van der Waals surface area contributed by atoms with Crippen molar-refractivity contribution in [3.8, 4) is 0 Å². The van der Waals surface area contributed by atoms with Crippen molar-refractivity contribution in [3.05, 3.63) is 29.8 Å². The summed E-state index contributed by atoms with van der Waals surface area (Å²) in [7, 11) is 0. The molecule has 0 heterocycles. The first-order valence-corrected chi connectivity index (χ1v) is 7.45. The average molecular weight is 303 g/mol. The largest absolute Gasteiger partial charge is 0.366 e. The van der Waals surface area contributed by atoms with Crippen molar-refractivity contribution in [2.75, 3.05) is 5.32 Å². The Balaban J connectivity index is 2.06. The van der Waals surface area contributed by atoms with Gasteiger partial charge in [0.2, 0.25) is 17.7 Å². The molecule has 6 heteroatoms. The van der Waals surface area contributed by atoms with E-state index in [2.05, 4.69) is 10.6 Å². The summed E-state index contributed by atoms with van der Waals surface area (Å²) in [4.78, 5) is 34.8. The van der Waals surface area contributed by atoms with Crippen LogP contribution in [0.5, 0.6) is 0 Å². The zero-order valence-electron chi connectivity index (χ0n) is 12.6. The first-order valence-electron chi connectivity index (χ1n) is 7.45. The van der Waals surface area contributed by atoms with Crippen molar-refractivity contribution in [1.29, 1.82) is 0 Å².